The molecule has 1 atom stereocenters. The zero-order valence-electron chi connectivity index (χ0n) is 17.8. The summed E-state index contributed by atoms with van der Waals surface area (Å²) >= 11 is 0. The van der Waals surface area contributed by atoms with Crippen molar-refractivity contribution < 1.29 is 17.9 Å². The van der Waals surface area contributed by atoms with Crippen molar-refractivity contribution >= 4 is 27.3 Å². The molecule has 0 aliphatic rings. The van der Waals surface area contributed by atoms with Crippen LogP contribution in [0.25, 0.3) is 0 Å². The molecule has 0 bridgehead atoms. The van der Waals surface area contributed by atoms with Gasteiger partial charge < -0.3 is 10.1 Å². The molecular weight excluding hydrogens is 412 g/mol. The van der Waals surface area contributed by atoms with Crippen molar-refractivity contribution in [3.8, 4) is 5.75 Å². The van der Waals surface area contributed by atoms with Gasteiger partial charge in [-0.3, -0.25) is 9.52 Å². The van der Waals surface area contributed by atoms with E-state index in [-0.39, 0.29) is 16.7 Å². The lowest BCUT2D eigenvalue weighted by Crippen LogP contribution is -2.17. The Labute approximate surface area is 183 Å². The lowest BCUT2D eigenvalue weighted by atomic mass is 9.97. The molecule has 0 saturated heterocycles. The Hall–Kier alpha value is -3.32. The van der Waals surface area contributed by atoms with E-state index < -0.39 is 10.0 Å². The minimum absolute atomic E-state index is 0.0478. The average Bonchev–Trinajstić information content (AvgIpc) is 2.75. The van der Waals surface area contributed by atoms with Gasteiger partial charge in [0.2, 0.25) is 5.91 Å². The van der Waals surface area contributed by atoms with Gasteiger partial charge in [-0.2, -0.15) is 0 Å². The number of carbonyl (C=O) groups excluding carboxylic acids is 1. The van der Waals surface area contributed by atoms with Crippen LogP contribution < -0.4 is 14.8 Å². The van der Waals surface area contributed by atoms with Gasteiger partial charge in [-0.15, -0.1) is 0 Å². The Bertz CT molecular complexity index is 1140. The van der Waals surface area contributed by atoms with Crippen molar-refractivity contribution in [3.63, 3.8) is 0 Å². The molecule has 1 amide bonds. The van der Waals surface area contributed by atoms with Crippen LogP contribution in [0.2, 0.25) is 0 Å². The first kappa shape index (κ1) is 22.4. The van der Waals surface area contributed by atoms with E-state index in [1.54, 1.807) is 50.4 Å². The molecule has 0 radical (unpaired) electrons. The monoisotopic (exact) mass is 438 g/mol. The third kappa shape index (κ3) is 5.86. The SMILES string of the molecule is COc1ccc(NS(=O)(=O)c2cc(NC(=O)C[C@@H](C)c3ccccc3)ccc2C)cc1. The molecule has 162 valence electrons. The summed E-state index contributed by atoms with van der Waals surface area (Å²) in [5, 5.41) is 2.81. The summed E-state index contributed by atoms with van der Waals surface area (Å²) in [6, 6.07) is 21.3. The Morgan fingerprint density at radius 3 is 2.26 bits per heavy atom. The van der Waals surface area contributed by atoms with Crippen LogP contribution in [0.15, 0.2) is 77.7 Å². The Kier molecular flexibility index (Phi) is 6.97. The van der Waals surface area contributed by atoms with Gasteiger partial charge in [0, 0.05) is 17.8 Å². The normalized spacial score (nSPS) is 12.1. The van der Waals surface area contributed by atoms with Crippen molar-refractivity contribution in [2.75, 3.05) is 17.1 Å². The molecule has 0 heterocycles. The van der Waals surface area contributed by atoms with Crippen molar-refractivity contribution in [1.82, 2.24) is 0 Å². The predicted octanol–water partition coefficient (Wildman–Crippen LogP) is 4.94. The number of aryl methyl sites for hydroxylation is 1. The smallest absolute Gasteiger partial charge is 0.262 e. The molecule has 0 unspecified atom stereocenters. The van der Waals surface area contributed by atoms with Crippen LogP contribution in [0.5, 0.6) is 5.75 Å². The summed E-state index contributed by atoms with van der Waals surface area (Å²) in [7, 11) is -2.29. The molecule has 6 nitrogen and oxygen atoms in total. The molecule has 3 aromatic carbocycles. The highest BCUT2D eigenvalue weighted by molar-refractivity contribution is 7.92. The number of amides is 1. The molecule has 0 saturated carbocycles. The van der Waals surface area contributed by atoms with Crippen LogP contribution in [-0.2, 0) is 14.8 Å². The highest BCUT2D eigenvalue weighted by Gasteiger charge is 2.19. The van der Waals surface area contributed by atoms with Crippen LogP contribution in [0.3, 0.4) is 0 Å². The fourth-order valence-electron chi connectivity index (χ4n) is 3.23. The average molecular weight is 439 g/mol. The highest BCUT2D eigenvalue weighted by atomic mass is 32.2. The van der Waals surface area contributed by atoms with Crippen molar-refractivity contribution in [1.29, 1.82) is 0 Å². The minimum Gasteiger partial charge on any atom is -0.497 e. The first-order valence-electron chi connectivity index (χ1n) is 9.91. The number of carbonyl (C=O) groups is 1. The lowest BCUT2D eigenvalue weighted by Gasteiger charge is -2.14. The third-order valence-electron chi connectivity index (χ3n) is 4.96. The van der Waals surface area contributed by atoms with Crippen molar-refractivity contribution in [3.05, 3.63) is 83.9 Å². The third-order valence-corrected chi connectivity index (χ3v) is 6.49. The van der Waals surface area contributed by atoms with E-state index in [0.29, 0.717) is 29.1 Å². The molecule has 0 fully saturated rings. The molecular formula is C24H26N2O4S. The quantitative estimate of drug-likeness (QED) is 0.522. The van der Waals surface area contributed by atoms with E-state index in [1.807, 2.05) is 37.3 Å². The maximum atomic E-state index is 12.9. The number of anilines is 2. The van der Waals surface area contributed by atoms with Gasteiger partial charge in [0.25, 0.3) is 10.0 Å². The van der Waals surface area contributed by atoms with Crippen LogP contribution in [0, 0.1) is 6.92 Å². The molecule has 0 aliphatic carbocycles. The van der Waals surface area contributed by atoms with Gasteiger partial charge in [0.1, 0.15) is 5.75 Å². The van der Waals surface area contributed by atoms with Crippen LogP contribution in [0.4, 0.5) is 11.4 Å². The summed E-state index contributed by atoms with van der Waals surface area (Å²) in [6.45, 7) is 3.70. The largest absolute Gasteiger partial charge is 0.497 e. The molecule has 31 heavy (non-hydrogen) atoms. The molecule has 3 rings (SSSR count). The molecule has 0 aliphatic heterocycles. The molecule has 7 heteroatoms. The second-order valence-electron chi connectivity index (χ2n) is 7.38. The van der Waals surface area contributed by atoms with Crippen LogP contribution >= 0.6 is 0 Å². The maximum absolute atomic E-state index is 12.9. The van der Waals surface area contributed by atoms with E-state index in [2.05, 4.69) is 10.0 Å². The minimum atomic E-state index is -3.83. The summed E-state index contributed by atoms with van der Waals surface area (Å²) in [6.07, 6.45) is 0.296. The second kappa shape index (κ2) is 9.66. The Balaban J connectivity index is 1.73. The number of sulfonamides is 1. The van der Waals surface area contributed by atoms with E-state index >= 15 is 0 Å². The predicted molar refractivity (Wildman–Crippen MR) is 123 cm³/mol. The van der Waals surface area contributed by atoms with Crippen molar-refractivity contribution in [2.24, 2.45) is 0 Å². The van der Waals surface area contributed by atoms with Crippen molar-refractivity contribution in [2.45, 2.75) is 31.1 Å². The first-order chi connectivity index (χ1) is 14.8. The molecule has 0 spiro atoms. The topological polar surface area (TPSA) is 84.5 Å². The van der Waals surface area contributed by atoms with Gasteiger partial charge >= 0.3 is 0 Å². The van der Waals surface area contributed by atoms with E-state index in [4.69, 9.17) is 4.74 Å². The summed E-state index contributed by atoms with van der Waals surface area (Å²) < 4.78 is 33.5. The molecule has 2 N–H and O–H groups in total. The van der Waals surface area contributed by atoms with E-state index in [0.717, 1.165) is 5.56 Å². The van der Waals surface area contributed by atoms with E-state index in [1.165, 1.54) is 6.07 Å². The van der Waals surface area contributed by atoms with Gasteiger partial charge in [-0.1, -0.05) is 43.3 Å². The fourth-order valence-corrected chi connectivity index (χ4v) is 4.56. The number of hydrogen-bond acceptors (Lipinski definition) is 4. The summed E-state index contributed by atoms with van der Waals surface area (Å²) in [5.41, 5.74) is 2.52. The molecule has 3 aromatic rings. The van der Waals surface area contributed by atoms with Gasteiger partial charge in [-0.05, 0) is 60.4 Å². The summed E-state index contributed by atoms with van der Waals surface area (Å²) in [4.78, 5) is 12.6. The van der Waals surface area contributed by atoms with Crippen LogP contribution in [-0.4, -0.2) is 21.4 Å². The standard InChI is InChI=1S/C24H26N2O4S/c1-17-9-10-21(25-24(27)15-18(2)19-7-5-4-6-8-19)16-23(17)31(28,29)26-20-11-13-22(30-3)14-12-20/h4-14,16,18,26H,15H2,1-3H3,(H,25,27)/t18-/m1/s1. The zero-order valence-corrected chi connectivity index (χ0v) is 18.6. The number of nitrogens with one attached hydrogen (secondary N) is 2. The van der Waals surface area contributed by atoms with E-state index in [9.17, 15) is 13.2 Å². The zero-order chi connectivity index (χ0) is 22.4. The van der Waals surface area contributed by atoms with Gasteiger partial charge in [0.05, 0.1) is 12.0 Å². The molecule has 0 aromatic heterocycles. The number of hydrogen-bond donors (Lipinski definition) is 2. The van der Waals surface area contributed by atoms with Crippen LogP contribution in [0.1, 0.15) is 30.4 Å². The van der Waals surface area contributed by atoms with Gasteiger partial charge in [-0.25, -0.2) is 8.42 Å². The lowest BCUT2D eigenvalue weighted by molar-refractivity contribution is -0.116. The maximum Gasteiger partial charge on any atom is 0.262 e. The Morgan fingerprint density at radius 1 is 0.968 bits per heavy atom. The highest BCUT2D eigenvalue weighted by Crippen LogP contribution is 2.25. The number of methoxy groups -OCH3 is 1. The summed E-state index contributed by atoms with van der Waals surface area (Å²) in [5.74, 6) is 0.506. The number of rotatable bonds is 8. The number of ether oxygens (including phenoxy) is 1. The fraction of sp³-hybridized carbons (Fsp3) is 0.208. The number of benzene rings is 3. The van der Waals surface area contributed by atoms with Gasteiger partial charge in [0.15, 0.2) is 0 Å². The first-order valence-corrected chi connectivity index (χ1v) is 11.4. The Morgan fingerprint density at radius 2 is 1.61 bits per heavy atom. The second-order valence-corrected chi connectivity index (χ2v) is 9.03.